The highest BCUT2D eigenvalue weighted by Crippen LogP contribution is 2.17. The normalized spacial score (nSPS) is 16.3. The van der Waals surface area contributed by atoms with E-state index in [0.717, 1.165) is 32.1 Å². The van der Waals surface area contributed by atoms with E-state index >= 15 is 0 Å². The number of benzene rings is 2. The molecule has 0 radical (unpaired) electrons. The third-order valence-corrected chi connectivity index (χ3v) is 7.21. The van der Waals surface area contributed by atoms with Gasteiger partial charge in [-0.2, -0.15) is 0 Å². The molecule has 1 aliphatic heterocycles. The van der Waals surface area contributed by atoms with E-state index in [1.54, 1.807) is 28.6 Å². The van der Waals surface area contributed by atoms with Crippen LogP contribution < -0.4 is 5.32 Å². The molecule has 1 heterocycles. The van der Waals surface area contributed by atoms with Gasteiger partial charge < -0.3 is 5.32 Å². The molecule has 0 unspecified atom stereocenters. The SMILES string of the molecule is C[C@H](CCc1ccccc1)NC(=O)c1ccc(CS(=O)(=O)N2CCCCC2)cc1. The van der Waals surface area contributed by atoms with Crippen LogP contribution in [-0.2, 0) is 22.2 Å². The van der Waals surface area contributed by atoms with Crippen molar-refractivity contribution in [3.05, 3.63) is 71.3 Å². The monoisotopic (exact) mass is 414 g/mol. The number of sulfonamides is 1. The van der Waals surface area contributed by atoms with Crippen LogP contribution in [0.3, 0.4) is 0 Å². The minimum atomic E-state index is -3.29. The van der Waals surface area contributed by atoms with E-state index in [1.807, 2.05) is 25.1 Å². The zero-order chi connectivity index (χ0) is 20.7. The Morgan fingerprint density at radius 3 is 2.28 bits per heavy atom. The lowest BCUT2D eigenvalue weighted by Gasteiger charge is -2.25. The highest BCUT2D eigenvalue weighted by atomic mass is 32.2. The van der Waals surface area contributed by atoms with Gasteiger partial charge in [0.15, 0.2) is 0 Å². The molecule has 2 aromatic rings. The van der Waals surface area contributed by atoms with Crippen molar-refractivity contribution in [2.75, 3.05) is 13.1 Å². The number of rotatable bonds is 8. The lowest BCUT2D eigenvalue weighted by Crippen LogP contribution is -2.36. The largest absolute Gasteiger partial charge is 0.350 e. The van der Waals surface area contributed by atoms with Crippen molar-refractivity contribution in [2.24, 2.45) is 0 Å². The maximum absolute atomic E-state index is 12.6. The molecule has 1 saturated heterocycles. The molecule has 0 bridgehead atoms. The summed E-state index contributed by atoms with van der Waals surface area (Å²) in [6.45, 7) is 3.23. The predicted molar refractivity (Wildman–Crippen MR) is 116 cm³/mol. The van der Waals surface area contributed by atoms with E-state index in [0.29, 0.717) is 24.2 Å². The standard InChI is InChI=1S/C23H30N2O3S/c1-19(10-11-20-8-4-2-5-9-20)24-23(26)22-14-12-21(13-15-22)18-29(27,28)25-16-6-3-7-17-25/h2,4-5,8-9,12-15,19H,3,6-7,10-11,16-18H2,1H3,(H,24,26)/t19-/m1/s1. The van der Waals surface area contributed by atoms with Gasteiger partial charge in [0.25, 0.3) is 5.91 Å². The smallest absolute Gasteiger partial charge is 0.251 e. The highest BCUT2D eigenvalue weighted by Gasteiger charge is 2.24. The molecule has 5 nitrogen and oxygen atoms in total. The number of hydrogen-bond donors (Lipinski definition) is 1. The number of piperidine rings is 1. The van der Waals surface area contributed by atoms with Crippen molar-refractivity contribution in [1.82, 2.24) is 9.62 Å². The number of amides is 1. The average Bonchev–Trinajstić information content (AvgIpc) is 2.74. The summed E-state index contributed by atoms with van der Waals surface area (Å²) in [5.41, 5.74) is 2.52. The number of aryl methyl sites for hydroxylation is 1. The van der Waals surface area contributed by atoms with Gasteiger partial charge in [-0.25, -0.2) is 12.7 Å². The fraction of sp³-hybridized carbons (Fsp3) is 0.435. The fourth-order valence-electron chi connectivity index (χ4n) is 3.60. The van der Waals surface area contributed by atoms with Crippen molar-refractivity contribution in [3.63, 3.8) is 0 Å². The first-order valence-electron chi connectivity index (χ1n) is 10.4. The van der Waals surface area contributed by atoms with Crippen molar-refractivity contribution >= 4 is 15.9 Å². The van der Waals surface area contributed by atoms with Crippen LogP contribution in [0, 0.1) is 0 Å². The maximum Gasteiger partial charge on any atom is 0.251 e. The van der Waals surface area contributed by atoms with Crippen molar-refractivity contribution in [3.8, 4) is 0 Å². The molecule has 1 aliphatic rings. The summed E-state index contributed by atoms with van der Waals surface area (Å²) in [7, 11) is -3.29. The first-order valence-corrected chi connectivity index (χ1v) is 12.0. The van der Waals surface area contributed by atoms with Crippen LogP contribution in [0.5, 0.6) is 0 Å². The average molecular weight is 415 g/mol. The van der Waals surface area contributed by atoms with E-state index in [4.69, 9.17) is 0 Å². The van der Waals surface area contributed by atoms with E-state index in [1.165, 1.54) is 5.56 Å². The second-order valence-electron chi connectivity index (χ2n) is 7.81. The molecular weight excluding hydrogens is 384 g/mol. The molecule has 6 heteroatoms. The number of nitrogens with zero attached hydrogens (tertiary/aromatic N) is 1. The van der Waals surface area contributed by atoms with E-state index in [9.17, 15) is 13.2 Å². The van der Waals surface area contributed by atoms with Crippen LogP contribution in [0.4, 0.5) is 0 Å². The second-order valence-corrected chi connectivity index (χ2v) is 9.78. The Morgan fingerprint density at radius 1 is 0.966 bits per heavy atom. The van der Waals surface area contributed by atoms with Crippen LogP contribution in [0.2, 0.25) is 0 Å². The topological polar surface area (TPSA) is 66.5 Å². The van der Waals surface area contributed by atoms with E-state index in [-0.39, 0.29) is 17.7 Å². The molecule has 2 aromatic carbocycles. The predicted octanol–water partition coefficient (Wildman–Crippen LogP) is 3.75. The third kappa shape index (κ3) is 6.41. The van der Waals surface area contributed by atoms with Crippen molar-refractivity contribution < 1.29 is 13.2 Å². The second kappa shape index (κ2) is 10.0. The van der Waals surface area contributed by atoms with Crippen LogP contribution in [0.1, 0.15) is 54.1 Å². The summed E-state index contributed by atoms with van der Waals surface area (Å²) in [5, 5.41) is 3.02. The molecule has 0 aromatic heterocycles. The Labute approximate surface area is 174 Å². The summed E-state index contributed by atoms with van der Waals surface area (Å²) in [6, 6.07) is 17.2. The Balaban J connectivity index is 1.51. The molecule has 156 valence electrons. The Kier molecular flexibility index (Phi) is 7.45. The molecule has 1 amide bonds. The summed E-state index contributed by atoms with van der Waals surface area (Å²) in [6.07, 6.45) is 4.73. The maximum atomic E-state index is 12.6. The molecule has 29 heavy (non-hydrogen) atoms. The summed E-state index contributed by atoms with van der Waals surface area (Å²) >= 11 is 0. The molecule has 1 N–H and O–H groups in total. The zero-order valence-corrected chi connectivity index (χ0v) is 17.8. The number of nitrogens with one attached hydrogen (secondary N) is 1. The Bertz CT molecular complexity index is 889. The molecule has 1 fully saturated rings. The van der Waals surface area contributed by atoms with Gasteiger partial charge in [0, 0.05) is 24.7 Å². The number of hydrogen-bond acceptors (Lipinski definition) is 3. The van der Waals surface area contributed by atoms with Crippen LogP contribution >= 0.6 is 0 Å². The first-order chi connectivity index (χ1) is 13.9. The van der Waals surface area contributed by atoms with Crippen LogP contribution in [-0.4, -0.2) is 37.8 Å². The number of carbonyl (C=O) groups is 1. The van der Waals surface area contributed by atoms with E-state index < -0.39 is 10.0 Å². The van der Waals surface area contributed by atoms with Crippen molar-refractivity contribution in [1.29, 1.82) is 0 Å². The molecular formula is C23H30N2O3S. The van der Waals surface area contributed by atoms with Gasteiger partial charge in [0.05, 0.1) is 5.75 Å². The lowest BCUT2D eigenvalue weighted by molar-refractivity contribution is 0.0938. The molecule has 0 aliphatic carbocycles. The Morgan fingerprint density at radius 2 is 1.62 bits per heavy atom. The molecule has 1 atom stereocenters. The number of carbonyl (C=O) groups excluding carboxylic acids is 1. The van der Waals surface area contributed by atoms with Gasteiger partial charge in [-0.05, 0) is 55.9 Å². The third-order valence-electron chi connectivity index (χ3n) is 5.36. The summed E-state index contributed by atoms with van der Waals surface area (Å²) in [4.78, 5) is 12.5. The summed E-state index contributed by atoms with van der Waals surface area (Å²) < 4.78 is 26.7. The van der Waals surface area contributed by atoms with Gasteiger partial charge >= 0.3 is 0 Å². The quantitative estimate of drug-likeness (QED) is 0.715. The molecule has 0 spiro atoms. The first kappa shape index (κ1) is 21.5. The minimum Gasteiger partial charge on any atom is -0.350 e. The van der Waals surface area contributed by atoms with Gasteiger partial charge in [0.1, 0.15) is 0 Å². The van der Waals surface area contributed by atoms with Crippen molar-refractivity contribution in [2.45, 2.75) is 50.8 Å². The minimum absolute atomic E-state index is 0.0115. The Hall–Kier alpha value is -2.18. The molecule has 0 saturated carbocycles. The van der Waals surface area contributed by atoms with Gasteiger partial charge in [-0.1, -0.05) is 48.9 Å². The highest BCUT2D eigenvalue weighted by molar-refractivity contribution is 7.88. The zero-order valence-electron chi connectivity index (χ0n) is 17.0. The fourth-order valence-corrected chi connectivity index (χ4v) is 5.22. The lowest BCUT2D eigenvalue weighted by atomic mass is 10.1. The van der Waals surface area contributed by atoms with E-state index in [2.05, 4.69) is 17.4 Å². The molecule has 3 rings (SSSR count). The summed E-state index contributed by atoms with van der Waals surface area (Å²) in [5.74, 6) is -0.140. The van der Waals surface area contributed by atoms with Gasteiger partial charge in [-0.3, -0.25) is 4.79 Å². The van der Waals surface area contributed by atoms with Gasteiger partial charge in [0.2, 0.25) is 10.0 Å². The van der Waals surface area contributed by atoms with Crippen LogP contribution in [0.15, 0.2) is 54.6 Å². The van der Waals surface area contributed by atoms with Gasteiger partial charge in [-0.15, -0.1) is 0 Å². The van der Waals surface area contributed by atoms with Crippen LogP contribution in [0.25, 0.3) is 0 Å².